The van der Waals surface area contributed by atoms with Crippen LogP contribution in [0.2, 0.25) is 0 Å². The summed E-state index contributed by atoms with van der Waals surface area (Å²) in [5.41, 5.74) is 6.61. The fourth-order valence-corrected chi connectivity index (χ4v) is 1.52. The topological polar surface area (TPSA) is 88.1 Å². The predicted octanol–water partition coefficient (Wildman–Crippen LogP) is 1.40. The largest absolute Gasteiger partial charge is 0.383 e. The van der Waals surface area contributed by atoms with Gasteiger partial charge in [0.15, 0.2) is 0 Å². The number of amides is 1. The first-order valence-corrected chi connectivity index (χ1v) is 5.98. The molecule has 0 saturated heterocycles. The second-order valence-electron chi connectivity index (χ2n) is 4.87. The fourth-order valence-electron chi connectivity index (χ4n) is 1.52. The summed E-state index contributed by atoms with van der Waals surface area (Å²) in [5, 5.41) is 11.7. The third-order valence-electron chi connectivity index (χ3n) is 2.84. The van der Waals surface area contributed by atoms with E-state index in [2.05, 4.69) is 11.4 Å². The number of anilines is 1. The minimum atomic E-state index is -0.694. The average molecular weight is 261 g/mol. The highest BCUT2D eigenvalue weighted by molar-refractivity contribution is 5.94. The van der Waals surface area contributed by atoms with Crippen molar-refractivity contribution in [1.82, 2.24) is 0 Å². The number of methoxy groups -OCH3 is 1. The van der Waals surface area contributed by atoms with Gasteiger partial charge in [0.25, 0.3) is 0 Å². The van der Waals surface area contributed by atoms with Crippen molar-refractivity contribution in [1.29, 1.82) is 5.26 Å². The Morgan fingerprint density at radius 2 is 2.05 bits per heavy atom. The van der Waals surface area contributed by atoms with Gasteiger partial charge in [-0.1, -0.05) is 12.1 Å². The zero-order chi connectivity index (χ0) is 14.5. The molecule has 0 saturated carbocycles. The molecule has 1 aromatic carbocycles. The van der Waals surface area contributed by atoms with Gasteiger partial charge >= 0.3 is 0 Å². The number of benzene rings is 1. The Morgan fingerprint density at radius 1 is 1.47 bits per heavy atom. The van der Waals surface area contributed by atoms with Gasteiger partial charge in [-0.3, -0.25) is 4.79 Å². The number of nitrogens with two attached hydrogens (primary N) is 1. The Balaban J connectivity index is 2.73. The molecule has 5 heteroatoms. The first-order chi connectivity index (χ1) is 8.90. The number of nitrogens with zero attached hydrogens (tertiary/aromatic N) is 1. The first-order valence-electron chi connectivity index (χ1n) is 5.98. The Bertz CT molecular complexity index is 474. The molecule has 1 amide bonds. The van der Waals surface area contributed by atoms with E-state index in [9.17, 15) is 4.79 Å². The molecular weight excluding hydrogens is 242 g/mol. The van der Waals surface area contributed by atoms with Crippen LogP contribution in [0.3, 0.4) is 0 Å². The standard InChI is InChI=1S/C14H19N3O2/c1-14(2,9-15)10-4-6-11(7-5-10)17-13(18)12(16)8-19-3/h4-7,12H,8,16H2,1-3H3,(H,17,18). The molecule has 3 N–H and O–H groups in total. The van der Waals surface area contributed by atoms with E-state index in [0.29, 0.717) is 5.69 Å². The second-order valence-corrected chi connectivity index (χ2v) is 4.87. The summed E-state index contributed by atoms with van der Waals surface area (Å²) in [7, 11) is 1.49. The number of rotatable bonds is 5. The van der Waals surface area contributed by atoms with Crippen molar-refractivity contribution in [3.05, 3.63) is 29.8 Å². The fraction of sp³-hybridized carbons (Fsp3) is 0.429. The molecule has 0 aliphatic rings. The van der Waals surface area contributed by atoms with Gasteiger partial charge in [0.2, 0.25) is 5.91 Å². The number of hydrogen-bond acceptors (Lipinski definition) is 4. The summed E-state index contributed by atoms with van der Waals surface area (Å²) in [5.74, 6) is -0.297. The van der Waals surface area contributed by atoms with E-state index in [1.54, 1.807) is 12.1 Å². The first kappa shape index (κ1) is 15.2. The minimum absolute atomic E-state index is 0.172. The molecule has 0 radical (unpaired) electrons. The van der Waals surface area contributed by atoms with E-state index >= 15 is 0 Å². The van der Waals surface area contributed by atoms with Crippen LogP contribution in [0.4, 0.5) is 5.69 Å². The van der Waals surface area contributed by atoms with Gasteiger partial charge in [-0.15, -0.1) is 0 Å². The van der Waals surface area contributed by atoms with E-state index in [4.69, 9.17) is 15.7 Å². The maximum atomic E-state index is 11.7. The molecule has 0 bridgehead atoms. The van der Waals surface area contributed by atoms with Crippen molar-refractivity contribution >= 4 is 11.6 Å². The average Bonchev–Trinajstić information content (AvgIpc) is 2.39. The molecule has 0 aliphatic carbocycles. The molecule has 102 valence electrons. The summed E-state index contributed by atoms with van der Waals surface area (Å²) in [6, 6.07) is 8.69. The third kappa shape index (κ3) is 4.05. The van der Waals surface area contributed by atoms with Gasteiger partial charge in [0.1, 0.15) is 6.04 Å². The van der Waals surface area contributed by atoms with Crippen molar-refractivity contribution < 1.29 is 9.53 Å². The summed E-state index contributed by atoms with van der Waals surface area (Å²) in [6.07, 6.45) is 0. The van der Waals surface area contributed by atoms with Crippen molar-refractivity contribution in [2.24, 2.45) is 5.73 Å². The van der Waals surface area contributed by atoms with Gasteiger partial charge in [-0.2, -0.15) is 5.26 Å². The normalized spacial score (nSPS) is 12.6. The quantitative estimate of drug-likeness (QED) is 0.838. The number of hydrogen-bond donors (Lipinski definition) is 2. The maximum absolute atomic E-state index is 11.7. The molecule has 0 heterocycles. The molecule has 0 spiro atoms. The van der Waals surface area contributed by atoms with Crippen LogP contribution in [0.1, 0.15) is 19.4 Å². The van der Waals surface area contributed by atoms with Gasteiger partial charge < -0.3 is 15.8 Å². The van der Waals surface area contributed by atoms with Crippen molar-refractivity contribution in [3.8, 4) is 6.07 Å². The molecule has 1 atom stereocenters. The van der Waals surface area contributed by atoms with Crippen LogP contribution in [0.15, 0.2) is 24.3 Å². The summed E-state index contributed by atoms with van der Waals surface area (Å²) >= 11 is 0. The minimum Gasteiger partial charge on any atom is -0.383 e. The van der Waals surface area contributed by atoms with Gasteiger partial charge in [0.05, 0.1) is 18.1 Å². The van der Waals surface area contributed by atoms with Crippen molar-refractivity contribution in [2.75, 3.05) is 19.0 Å². The lowest BCUT2D eigenvalue weighted by Crippen LogP contribution is -2.39. The smallest absolute Gasteiger partial charge is 0.243 e. The zero-order valence-corrected chi connectivity index (χ0v) is 11.4. The van der Waals surface area contributed by atoms with Crippen LogP contribution in [-0.4, -0.2) is 25.7 Å². The molecule has 19 heavy (non-hydrogen) atoms. The van der Waals surface area contributed by atoms with E-state index in [1.165, 1.54) is 7.11 Å². The van der Waals surface area contributed by atoms with Crippen LogP contribution < -0.4 is 11.1 Å². The molecule has 5 nitrogen and oxygen atoms in total. The van der Waals surface area contributed by atoms with Gasteiger partial charge in [-0.25, -0.2) is 0 Å². The predicted molar refractivity (Wildman–Crippen MR) is 73.6 cm³/mol. The highest BCUT2D eigenvalue weighted by Gasteiger charge is 2.19. The van der Waals surface area contributed by atoms with Crippen molar-refractivity contribution in [2.45, 2.75) is 25.3 Å². The number of ether oxygens (including phenoxy) is 1. The van der Waals surface area contributed by atoms with Gasteiger partial charge in [-0.05, 0) is 31.5 Å². The Hall–Kier alpha value is -1.90. The number of carbonyl (C=O) groups excluding carboxylic acids is 1. The second kappa shape index (κ2) is 6.32. The van der Waals surface area contributed by atoms with E-state index < -0.39 is 11.5 Å². The molecule has 1 rings (SSSR count). The molecule has 0 fully saturated rings. The summed E-state index contributed by atoms with van der Waals surface area (Å²) < 4.78 is 4.82. The van der Waals surface area contributed by atoms with Crippen LogP contribution in [0.5, 0.6) is 0 Å². The highest BCUT2D eigenvalue weighted by Crippen LogP contribution is 2.23. The summed E-state index contributed by atoms with van der Waals surface area (Å²) in [6.45, 7) is 3.86. The monoisotopic (exact) mass is 261 g/mol. The van der Waals surface area contributed by atoms with Crippen LogP contribution >= 0.6 is 0 Å². The van der Waals surface area contributed by atoms with E-state index in [0.717, 1.165) is 5.56 Å². The lowest BCUT2D eigenvalue weighted by Gasteiger charge is -2.16. The SMILES string of the molecule is COCC(N)C(=O)Nc1ccc(C(C)(C)C#N)cc1. The maximum Gasteiger partial charge on any atom is 0.243 e. The number of nitriles is 1. The molecule has 0 aromatic heterocycles. The van der Waals surface area contributed by atoms with Crippen LogP contribution in [-0.2, 0) is 14.9 Å². The molecule has 1 aromatic rings. The van der Waals surface area contributed by atoms with Crippen LogP contribution in [0, 0.1) is 11.3 Å². The molecule has 1 unspecified atom stereocenters. The van der Waals surface area contributed by atoms with E-state index in [1.807, 2.05) is 26.0 Å². The molecule has 0 aliphatic heterocycles. The summed E-state index contributed by atoms with van der Waals surface area (Å²) in [4.78, 5) is 11.7. The van der Waals surface area contributed by atoms with Crippen molar-refractivity contribution in [3.63, 3.8) is 0 Å². The number of carbonyl (C=O) groups is 1. The van der Waals surface area contributed by atoms with Crippen LogP contribution in [0.25, 0.3) is 0 Å². The number of nitrogens with one attached hydrogen (secondary N) is 1. The Morgan fingerprint density at radius 3 is 2.53 bits per heavy atom. The third-order valence-corrected chi connectivity index (χ3v) is 2.84. The van der Waals surface area contributed by atoms with Gasteiger partial charge in [0, 0.05) is 12.8 Å². The molecular formula is C14H19N3O2. The highest BCUT2D eigenvalue weighted by atomic mass is 16.5. The Labute approximate surface area is 113 Å². The van der Waals surface area contributed by atoms with E-state index in [-0.39, 0.29) is 12.5 Å². The lowest BCUT2D eigenvalue weighted by atomic mass is 9.86. The lowest BCUT2D eigenvalue weighted by molar-refractivity contribution is -0.118. The zero-order valence-electron chi connectivity index (χ0n) is 11.4. The Kier molecular flexibility index (Phi) is 5.04.